The molecule has 4 aromatic heterocycles. The Bertz CT molecular complexity index is 1560. The van der Waals surface area contributed by atoms with Gasteiger partial charge in [-0.25, -0.2) is 13.8 Å². The molecule has 1 fully saturated rings. The van der Waals surface area contributed by atoms with Gasteiger partial charge in [-0.15, -0.1) is 10.2 Å². The molecule has 0 aliphatic heterocycles. The molecule has 1 saturated carbocycles. The highest BCUT2D eigenvalue weighted by molar-refractivity contribution is 6.35. The molecule has 2 N–H and O–H groups in total. The third kappa shape index (κ3) is 3.21. The van der Waals surface area contributed by atoms with Crippen LogP contribution in [-0.4, -0.2) is 51.9 Å². The maximum absolute atomic E-state index is 15.6. The van der Waals surface area contributed by atoms with E-state index in [1.165, 1.54) is 11.1 Å². The fraction of sp³-hybridized carbons (Fsp3) is 0.238. The number of halogens is 3. The fourth-order valence-corrected chi connectivity index (χ4v) is 4.45. The van der Waals surface area contributed by atoms with Crippen molar-refractivity contribution in [1.29, 1.82) is 0 Å². The monoisotopic (exact) mass is 483 g/mol. The van der Waals surface area contributed by atoms with E-state index >= 15 is 4.39 Å². The molecule has 13 heteroatoms. The lowest BCUT2D eigenvalue weighted by atomic mass is 9.97. The molecule has 0 saturated heterocycles. The van der Waals surface area contributed by atoms with Gasteiger partial charge in [-0.1, -0.05) is 11.6 Å². The number of hydrogen-bond acceptors (Lipinski definition) is 6. The van der Waals surface area contributed by atoms with Crippen molar-refractivity contribution in [1.82, 2.24) is 39.8 Å². The molecule has 6 rings (SSSR count). The van der Waals surface area contributed by atoms with Crippen molar-refractivity contribution in [3.05, 3.63) is 53.5 Å². The van der Waals surface area contributed by atoms with E-state index in [1.54, 1.807) is 42.0 Å². The summed E-state index contributed by atoms with van der Waals surface area (Å²) in [6.07, 6.45) is 5.32. The molecular weight excluding hydrogens is 468 g/mol. The molecule has 10 nitrogen and oxygen atoms in total. The van der Waals surface area contributed by atoms with Crippen molar-refractivity contribution in [2.45, 2.75) is 25.6 Å². The van der Waals surface area contributed by atoms with Crippen LogP contribution < -0.4 is 5.32 Å². The van der Waals surface area contributed by atoms with Crippen molar-refractivity contribution in [2.75, 3.05) is 5.32 Å². The topological polar surface area (TPSA) is 119 Å². The molecule has 5 aromatic rings. The van der Waals surface area contributed by atoms with Gasteiger partial charge >= 0.3 is 0 Å². The molecule has 1 aliphatic rings. The highest BCUT2D eigenvalue weighted by Crippen LogP contribution is 2.41. The van der Waals surface area contributed by atoms with Crippen molar-refractivity contribution in [2.24, 2.45) is 5.92 Å². The number of nitrogens with one attached hydrogen (secondary N) is 2. The van der Waals surface area contributed by atoms with Gasteiger partial charge in [0.25, 0.3) is 0 Å². The molecule has 0 bridgehead atoms. The van der Waals surface area contributed by atoms with E-state index in [0.29, 0.717) is 33.5 Å². The molecule has 0 spiro atoms. The summed E-state index contributed by atoms with van der Waals surface area (Å²) in [6, 6.07) is 2.88. The number of imidazole rings is 1. The Morgan fingerprint density at radius 2 is 2.18 bits per heavy atom. The summed E-state index contributed by atoms with van der Waals surface area (Å²) in [7, 11) is 0. The van der Waals surface area contributed by atoms with E-state index < -0.39 is 29.9 Å². The van der Waals surface area contributed by atoms with E-state index in [9.17, 15) is 9.18 Å². The fourth-order valence-electron chi connectivity index (χ4n) is 4.13. The van der Waals surface area contributed by atoms with Gasteiger partial charge in [0.05, 0.1) is 28.9 Å². The summed E-state index contributed by atoms with van der Waals surface area (Å²) in [4.78, 5) is 17.7. The first-order valence-electron chi connectivity index (χ1n) is 10.4. The number of pyridine rings is 1. The molecule has 4 heterocycles. The molecule has 3 atom stereocenters. The van der Waals surface area contributed by atoms with Gasteiger partial charge in [-0.2, -0.15) is 9.90 Å². The van der Waals surface area contributed by atoms with Crippen LogP contribution >= 0.6 is 11.6 Å². The van der Waals surface area contributed by atoms with Crippen molar-refractivity contribution < 1.29 is 13.6 Å². The van der Waals surface area contributed by atoms with Gasteiger partial charge in [-0.3, -0.25) is 9.89 Å². The minimum absolute atomic E-state index is 0.0772. The van der Waals surface area contributed by atoms with Crippen LogP contribution in [0.1, 0.15) is 24.9 Å². The zero-order valence-electron chi connectivity index (χ0n) is 17.6. The average molecular weight is 484 g/mol. The predicted molar refractivity (Wildman–Crippen MR) is 119 cm³/mol. The van der Waals surface area contributed by atoms with Crippen LogP contribution in [0.2, 0.25) is 5.02 Å². The summed E-state index contributed by atoms with van der Waals surface area (Å²) in [5, 5.41) is 21.7. The molecule has 1 amide bonds. The van der Waals surface area contributed by atoms with E-state index in [1.807, 2.05) is 0 Å². The van der Waals surface area contributed by atoms with Crippen LogP contribution in [0.15, 0.2) is 37.1 Å². The molecule has 172 valence electrons. The first kappa shape index (κ1) is 20.7. The van der Waals surface area contributed by atoms with Crippen LogP contribution in [0, 0.1) is 11.7 Å². The SMILES string of the molecule is C[C@@H](c1c(F)c(Cl)c(-c2ccc3nc(NC(=O)C4CC4F)cn3c2)c2cn[nH]c12)n1ncnn1. The highest BCUT2D eigenvalue weighted by Gasteiger charge is 2.43. The van der Waals surface area contributed by atoms with Gasteiger partial charge in [0.15, 0.2) is 12.1 Å². The van der Waals surface area contributed by atoms with Crippen LogP contribution in [-0.2, 0) is 4.79 Å². The first-order chi connectivity index (χ1) is 16.4. The molecule has 0 radical (unpaired) electrons. The highest BCUT2D eigenvalue weighted by atomic mass is 35.5. The molecule has 1 aromatic carbocycles. The van der Waals surface area contributed by atoms with E-state index in [4.69, 9.17) is 11.6 Å². The standard InChI is InChI=1S/C21H16ClF2N9O/c1-9(33-27-8-26-31-33)16-19(24)18(22)17(12-5-25-30-20(12)16)10-2-3-15-28-14(7-32(15)6-10)29-21(34)11-4-13(11)23/h2-3,5-9,11,13H,4H2,1H3,(H,25,30)(H,29,34)/t9-,11?,13?/m0/s1. The number of H-pyrrole nitrogens is 1. The number of aromatic amines is 1. The van der Waals surface area contributed by atoms with Crippen molar-refractivity contribution >= 4 is 39.9 Å². The molecule has 1 aliphatic carbocycles. The first-order valence-corrected chi connectivity index (χ1v) is 10.8. The predicted octanol–water partition coefficient (Wildman–Crippen LogP) is 3.56. The third-order valence-electron chi connectivity index (χ3n) is 6.00. The van der Waals surface area contributed by atoms with Crippen molar-refractivity contribution in [3.8, 4) is 11.1 Å². The lowest BCUT2D eigenvalue weighted by Crippen LogP contribution is -2.15. The van der Waals surface area contributed by atoms with E-state index in [0.717, 1.165) is 0 Å². The molecule has 34 heavy (non-hydrogen) atoms. The van der Waals surface area contributed by atoms with Gasteiger partial charge in [0.1, 0.15) is 23.7 Å². The average Bonchev–Trinajstić information content (AvgIpc) is 3.26. The Balaban J connectivity index is 1.43. The number of hydrogen-bond donors (Lipinski definition) is 2. The quantitative estimate of drug-likeness (QED) is 0.394. The minimum atomic E-state index is -1.09. The van der Waals surface area contributed by atoms with Gasteiger partial charge < -0.3 is 9.72 Å². The van der Waals surface area contributed by atoms with Crippen LogP contribution in [0.25, 0.3) is 27.7 Å². The minimum Gasteiger partial charge on any atom is -0.309 e. The number of carbonyl (C=O) groups excluding carboxylic acids is 1. The number of benzene rings is 1. The van der Waals surface area contributed by atoms with Gasteiger partial charge in [0.2, 0.25) is 5.91 Å². The van der Waals surface area contributed by atoms with Gasteiger partial charge in [0, 0.05) is 28.3 Å². The third-order valence-corrected chi connectivity index (χ3v) is 6.35. The van der Waals surface area contributed by atoms with Crippen LogP contribution in [0.4, 0.5) is 14.6 Å². The lowest BCUT2D eigenvalue weighted by molar-refractivity contribution is -0.117. The second-order valence-corrected chi connectivity index (χ2v) is 8.54. The Labute approximate surface area is 194 Å². The normalized spacial score (nSPS) is 18.5. The zero-order chi connectivity index (χ0) is 23.6. The Hall–Kier alpha value is -3.93. The van der Waals surface area contributed by atoms with Gasteiger partial charge in [-0.05, 0) is 30.7 Å². The number of nitrogens with zero attached hydrogens (tertiary/aromatic N) is 7. The Morgan fingerprint density at radius 1 is 1.35 bits per heavy atom. The van der Waals surface area contributed by atoms with Crippen LogP contribution in [0.3, 0.4) is 0 Å². The summed E-state index contributed by atoms with van der Waals surface area (Å²) in [6.45, 7) is 1.73. The number of aromatic nitrogens is 8. The van der Waals surface area contributed by atoms with E-state index in [-0.39, 0.29) is 17.0 Å². The van der Waals surface area contributed by atoms with Crippen LogP contribution in [0.5, 0.6) is 0 Å². The maximum Gasteiger partial charge on any atom is 0.231 e. The lowest BCUT2D eigenvalue weighted by Gasteiger charge is -2.16. The number of rotatable bonds is 5. The largest absolute Gasteiger partial charge is 0.309 e. The Morgan fingerprint density at radius 3 is 2.91 bits per heavy atom. The number of carbonyl (C=O) groups is 1. The molecular formula is C21H16ClF2N9O. The summed E-state index contributed by atoms with van der Waals surface area (Å²) < 4.78 is 30.4. The number of anilines is 1. The summed E-state index contributed by atoms with van der Waals surface area (Å²) in [5.74, 6) is -1.34. The van der Waals surface area contributed by atoms with Crippen molar-refractivity contribution in [3.63, 3.8) is 0 Å². The second kappa shape index (κ2) is 7.55. The smallest absolute Gasteiger partial charge is 0.231 e. The zero-order valence-corrected chi connectivity index (χ0v) is 18.3. The second-order valence-electron chi connectivity index (χ2n) is 8.16. The summed E-state index contributed by atoms with van der Waals surface area (Å²) >= 11 is 6.56. The Kier molecular flexibility index (Phi) is 4.59. The summed E-state index contributed by atoms with van der Waals surface area (Å²) in [5.41, 5.74) is 2.34. The number of amides is 1. The van der Waals surface area contributed by atoms with E-state index in [2.05, 4.69) is 35.9 Å². The number of alkyl halides is 1. The molecule has 2 unspecified atom stereocenters. The maximum atomic E-state index is 15.6. The number of tetrazole rings is 1. The number of fused-ring (bicyclic) bond motifs is 2.